The van der Waals surface area contributed by atoms with Gasteiger partial charge >= 0.3 is 0 Å². The molecule has 0 radical (unpaired) electrons. The number of hydrogen-bond acceptors (Lipinski definition) is 4. The van der Waals surface area contributed by atoms with Gasteiger partial charge < -0.3 is 5.32 Å². The lowest BCUT2D eigenvalue weighted by atomic mass is 10.2. The molecule has 1 aromatic carbocycles. The highest BCUT2D eigenvalue weighted by molar-refractivity contribution is 7.89. The minimum absolute atomic E-state index is 0.124. The Balaban J connectivity index is 2.11. The number of thiophene rings is 1. The maximum atomic E-state index is 12.2. The van der Waals surface area contributed by atoms with E-state index in [1.807, 2.05) is 24.4 Å². The summed E-state index contributed by atoms with van der Waals surface area (Å²) in [6.45, 7) is 1.83. The number of anilines is 1. The summed E-state index contributed by atoms with van der Waals surface area (Å²) in [4.78, 5) is 13.4. The van der Waals surface area contributed by atoms with Crippen molar-refractivity contribution in [3.05, 3.63) is 46.2 Å². The fraction of sp³-hybridized carbons (Fsp3) is 0.312. The zero-order valence-corrected chi connectivity index (χ0v) is 15.0. The van der Waals surface area contributed by atoms with E-state index in [9.17, 15) is 13.2 Å². The molecule has 0 aliphatic carbocycles. The van der Waals surface area contributed by atoms with Crippen LogP contribution < -0.4 is 5.32 Å². The molecule has 2 rings (SSSR count). The highest BCUT2D eigenvalue weighted by Crippen LogP contribution is 2.22. The molecular formula is C16H20N2O3S2. The highest BCUT2D eigenvalue weighted by atomic mass is 32.2. The van der Waals surface area contributed by atoms with Crippen LogP contribution in [0.25, 0.3) is 0 Å². The van der Waals surface area contributed by atoms with Gasteiger partial charge in [0.25, 0.3) is 0 Å². The molecule has 7 heteroatoms. The number of amides is 1. The largest absolute Gasteiger partial charge is 0.326 e. The molecule has 1 N–H and O–H groups in total. The number of aryl methyl sites for hydroxylation is 2. The molecule has 1 amide bonds. The van der Waals surface area contributed by atoms with E-state index in [2.05, 4.69) is 5.32 Å². The molecule has 2 aromatic rings. The van der Waals surface area contributed by atoms with Crippen molar-refractivity contribution in [3.63, 3.8) is 0 Å². The Kier molecular flexibility index (Phi) is 5.56. The number of benzene rings is 1. The van der Waals surface area contributed by atoms with E-state index in [0.29, 0.717) is 18.5 Å². The summed E-state index contributed by atoms with van der Waals surface area (Å²) < 4.78 is 25.5. The topological polar surface area (TPSA) is 66.5 Å². The molecular weight excluding hydrogens is 332 g/mol. The van der Waals surface area contributed by atoms with Gasteiger partial charge in [-0.25, -0.2) is 12.7 Å². The predicted octanol–water partition coefficient (Wildman–Crippen LogP) is 2.88. The van der Waals surface area contributed by atoms with Crippen molar-refractivity contribution in [3.8, 4) is 0 Å². The first-order chi connectivity index (χ1) is 10.8. The van der Waals surface area contributed by atoms with E-state index in [1.54, 1.807) is 23.5 Å². The van der Waals surface area contributed by atoms with E-state index < -0.39 is 10.0 Å². The first-order valence-corrected chi connectivity index (χ1v) is 9.48. The molecule has 1 aromatic heterocycles. The number of hydrogen-bond donors (Lipinski definition) is 1. The van der Waals surface area contributed by atoms with E-state index in [-0.39, 0.29) is 10.8 Å². The van der Waals surface area contributed by atoms with Crippen LogP contribution in [0.3, 0.4) is 0 Å². The summed E-state index contributed by atoms with van der Waals surface area (Å²) in [5.74, 6) is -0.124. The zero-order chi connectivity index (χ0) is 17.0. The molecule has 0 unspecified atom stereocenters. The second-order valence-corrected chi connectivity index (χ2v) is 8.58. The van der Waals surface area contributed by atoms with Crippen LogP contribution in [0.5, 0.6) is 0 Å². The van der Waals surface area contributed by atoms with E-state index in [4.69, 9.17) is 0 Å². The maximum Gasteiger partial charge on any atom is 0.242 e. The van der Waals surface area contributed by atoms with Crippen molar-refractivity contribution in [2.75, 3.05) is 19.4 Å². The first kappa shape index (κ1) is 17.7. The molecule has 23 heavy (non-hydrogen) atoms. The lowest BCUT2D eigenvalue weighted by Gasteiger charge is -2.14. The van der Waals surface area contributed by atoms with Crippen LogP contribution in [0.4, 0.5) is 5.69 Å². The monoisotopic (exact) mass is 352 g/mol. The summed E-state index contributed by atoms with van der Waals surface area (Å²) >= 11 is 1.62. The van der Waals surface area contributed by atoms with Crippen molar-refractivity contribution >= 4 is 33.0 Å². The third-order valence-corrected chi connectivity index (χ3v) is 6.19. The SMILES string of the molecule is Cc1ccc(S(=O)(=O)N(C)C)cc1NC(=O)CCc1cccs1. The van der Waals surface area contributed by atoms with Crippen LogP contribution >= 0.6 is 11.3 Å². The van der Waals surface area contributed by atoms with Crippen LogP contribution in [-0.4, -0.2) is 32.7 Å². The van der Waals surface area contributed by atoms with Gasteiger partial charge in [0.1, 0.15) is 0 Å². The number of nitrogens with one attached hydrogen (secondary N) is 1. The standard InChI is InChI=1S/C16H20N2O3S2/c1-12-6-8-14(23(20,21)18(2)3)11-15(12)17-16(19)9-7-13-5-4-10-22-13/h4-6,8,10-11H,7,9H2,1-3H3,(H,17,19). The molecule has 0 bridgehead atoms. The van der Waals surface area contributed by atoms with Crippen LogP contribution in [0.2, 0.25) is 0 Å². The predicted molar refractivity (Wildman–Crippen MR) is 93.3 cm³/mol. The molecule has 0 spiro atoms. The fourth-order valence-corrected chi connectivity index (χ4v) is 3.65. The summed E-state index contributed by atoms with van der Waals surface area (Å²) in [7, 11) is -0.555. The molecule has 5 nitrogen and oxygen atoms in total. The zero-order valence-electron chi connectivity index (χ0n) is 13.4. The molecule has 124 valence electrons. The number of rotatable bonds is 6. The van der Waals surface area contributed by atoms with Gasteiger partial charge in [-0.15, -0.1) is 11.3 Å². The van der Waals surface area contributed by atoms with Crippen LogP contribution in [-0.2, 0) is 21.2 Å². The second kappa shape index (κ2) is 7.25. The van der Waals surface area contributed by atoms with Crippen molar-refractivity contribution in [2.24, 2.45) is 0 Å². The Morgan fingerprint density at radius 1 is 1.26 bits per heavy atom. The Labute approximate surface area is 141 Å². The Bertz CT molecular complexity index is 782. The molecule has 1 heterocycles. The van der Waals surface area contributed by atoms with Crippen molar-refractivity contribution in [1.82, 2.24) is 4.31 Å². The number of carbonyl (C=O) groups is 1. The highest BCUT2D eigenvalue weighted by Gasteiger charge is 2.18. The van der Waals surface area contributed by atoms with Gasteiger partial charge in [-0.05, 0) is 42.5 Å². The van der Waals surface area contributed by atoms with Crippen LogP contribution in [0.15, 0.2) is 40.6 Å². The second-order valence-electron chi connectivity index (χ2n) is 5.39. The lowest BCUT2D eigenvalue weighted by Crippen LogP contribution is -2.22. The van der Waals surface area contributed by atoms with Gasteiger partial charge in [0, 0.05) is 31.1 Å². The molecule has 0 atom stereocenters. The quantitative estimate of drug-likeness (QED) is 0.869. The van der Waals surface area contributed by atoms with Crippen LogP contribution in [0, 0.1) is 6.92 Å². The minimum atomic E-state index is -3.52. The summed E-state index contributed by atoms with van der Waals surface area (Å²) in [5, 5.41) is 4.79. The average molecular weight is 352 g/mol. The van der Waals surface area contributed by atoms with Crippen molar-refractivity contribution in [1.29, 1.82) is 0 Å². The maximum absolute atomic E-state index is 12.2. The van der Waals surface area contributed by atoms with Gasteiger partial charge in [-0.3, -0.25) is 4.79 Å². The third-order valence-electron chi connectivity index (χ3n) is 3.44. The lowest BCUT2D eigenvalue weighted by molar-refractivity contribution is -0.116. The summed E-state index contributed by atoms with van der Waals surface area (Å²) in [5.41, 5.74) is 1.36. The molecule has 0 saturated carbocycles. The molecule has 0 fully saturated rings. The molecule has 0 aliphatic heterocycles. The smallest absolute Gasteiger partial charge is 0.242 e. The van der Waals surface area contributed by atoms with E-state index >= 15 is 0 Å². The van der Waals surface area contributed by atoms with Crippen molar-refractivity contribution in [2.45, 2.75) is 24.7 Å². The van der Waals surface area contributed by atoms with Crippen LogP contribution in [0.1, 0.15) is 16.9 Å². The molecule has 0 aliphatic rings. The Hall–Kier alpha value is -1.70. The fourth-order valence-electron chi connectivity index (χ4n) is 2.01. The first-order valence-electron chi connectivity index (χ1n) is 7.16. The third kappa shape index (κ3) is 4.40. The average Bonchev–Trinajstić information content (AvgIpc) is 3.00. The van der Waals surface area contributed by atoms with E-state index in [0.717, 1.165) is 14.7 Å². The number of carbonyl (C=O) groups excluding carboxylic acids is 1. The van der Waals surface area contributed by atoms with Gasteiger partial charge in [0.15, 0.2) is 0 Å². The van der Waals surface area contributed by atoms with Gasteiger partial charge in [-0.1, -0.05) is 12.1 Å². The minimum Gasteiger partial charge on any atom is -0.326 e. The summed E-state index contributed by atoms with van der Waals surface area (Å²) in [6, 6.07) is 8.70. The van der Waals surface area contributed by atoms with Crippen molar-refractivity contribution < 1.29 is 13.2 Å². The molecule has 0 saturated heterocycles. The normalized spacial score (nSPS) is 11.7. The number of sulfonamides is 1. The van der Waals surface area contributed by atoms with E-state index in [1.165, 1.54) is 20.2 Å². The Morgan fingerprint density at radius 3 is 2.61 bits per heavy atom. The van der Waals surface area contributed by atoms with Gasteiger partial charge in [-0.2, -0.15) is 0 Å². The Morgan fingerprint density at radius 2 is 2.00 bits per heavy atom. The van der Waals surface area contributed by atoms with Gasteiger partial charge in [0.05, 0.1) is 4.90 Å². The van der Waals surface area contributed by atoms with Gasteiger partial charge in [0.2, 0.25) is 15.9 Å². The number of nitrogens with zero attached hydrogens (tertiary/aromatic N) is 1. The summed E-state index contributed by atoms with van der Waals surface area (Å²) in [6.07, 6.45) is 1.04.